The van der Waals surface area contributed by atoms with Crippen LogP contribution < -0.4 is 5.32 Å². The van der Waals surface area contributed by atoms with E-state index in [4.69, 9.17) is 4.74 Å². The summed E-state index contributed by atoms with van der Waals surface area (Å²) in [6.07, 6.45) is 5.63. The third kappa shape index (κ3) is 2.86. The van der Waals surface area contributed by atoms with Gasteiger partial charge in [-0.05, 0) is 33.1 Å². The van der Waals surface area contributed by atoms with Gasteiger partial charge in [0.2, 0.25) is 5.91 Å². The lowest BCUT2D eigenvalue weighted by molar-refractivity contribution is -0.135. The first-order valence-electron chi connectivity index (χ1n) is 7.33. The van der Waals surface area contributed by atoms with Gasteiger partial charge in [-0.25, -0.2) is 0 Å². The molecule has 0 spiro atoms. The van der Waals surface area contributed by atoms with Crippen molar-refractivity contribution in [2.45, 2.75) is 77.2 Å². The Hall–Kier alpha value is -0.610. The monoisotopic (exact) mass is 254 g/mol. The van der Waals surface area contributed by atoms with E-state index in [1.165, 1.54) is 0 Å². The van der Waals surface area contributed by atoms with Gasteiger partial charge in [-0.3, -0.25) is 10.1 Å². The SMILES string of the molecule is CCCCC1NC(C)N(C2CCOC(C)C2)C1=O. The Bertz CT molecular complexity index is 296. The Morgan fingerprint density at radius 2 is 2.22 bits per heavy atom. The standard InChI is InChI=1S/C14H26N2O2/c1-4-5-6-13-14(17)16(11(3)15-13)12-7-8-18-10(2)9-12/h10-13,15H,4-9H2,1-3H3. The highest BCUT2D eigenvalue weighted by Gasteiger charge is 2.40. The van der Waals surface area contributed by atoms with E-state index in [9.17, 15) is 4.79 Å². The minimum atomic E-state index is 0.0399. The topological polar surface area (TPSA) is 41.6 Å². The number of ether oxygens (including phenoxy) is 1. The summed E-state index contributed by atoms with van der Waals surface area (Å²) < 4.78 is 5.57. The van der Waals surface area contributed by atoms with Gasteiger partial charge in [0.05, 0.1) is 18.3 Å². The molecule has 0 bridgehead atoms. The highest BCUT2D eigenvalue weighted by Crippen LogP contribution is 2.25. The number of carbonyl (C=O) groups is 1. The van der Waals surface area contributed by atoms with Crippen molar-refractivity contribution < 1.29 is 9.53 Å². The number of rotatable bonds is 4. The lowest BCUT2D eigenvalue weighted by atomic mass is 10.0. The van der Waals surface area contributed by atoms with Crippen LogP contribution in [0, 0.1) is 0 Å². The molecule has 2 aliphatic rings. The summed E-state index contributed by atoms with van der Waals surface area (Å²) in [5, 5.41) is 3.44. The van der Waals surface area contributed by atoms with Crippen LogP contribution in [0.25, 0.3) is 0 Å². The Kier molecular flexibility index (Phi) is 4.62. The van der Waals surface area contributed by atoms with Crippen LogP contribution in [0.5, 0.6) is 0 Å². The summed E-state index contributed by atoms with van der Waals surface area (Å²) in [5.41, 5.74) is 0. The van der Waals surface area contributed by atoms with Crippen molar-refractivity contribution in [2.24, 2.45) is 0 Å². The van der Waals surface area contributed by atoms with Crippen LogP contribution in [-0.2, 0) is 9.53 Å². The minimum absolute atomic E-state index is 0.0399. The molecule has 4 heteroatoms. The average Bonchev–Trinajstić information content (AvgIpc) is 2.62. The minimum Gasteiger partial charge on any atom is -0.378 e. The predicted molar refractivity (Wildman–Crippen MR) is 71.2 cm³/mol. The maximum atomic E-state index is 12.5. The summed E-state index contributed by atoms with van der Waals surface area (Å²) in [4.78, 5) is 14.5. The second kappa shape index (κ2) is 6.02. The summed E-state index contributed by atoms with van der Waals surface area (Å²) in [6, 6.07) is 0.397. The van der Waals surface area contributed by atoms with Crippen LogP contribution in [0.3, 0.4) is 0 Å². The molecule has 2 saturated heterocycles. The molecule has 2 rings (SSSR count). The fraction of sp³-hybridized carbons (Fsp3) is 0.929. The summed E-state index contributed by atoms with van der Waals surface area (Å²) in [5.74, 6) is 0.301. The van der Waals surface area contributed by atoms with E-state index in [2.05, 4.69) is 31.0 Å². The molecule has 2 fully saturated rings. The number of nitrogens with one attached hydrogen (secondary N) is 1. The largest absolute Gasteiger partial charge is 0.378 e. The quantitative estimate of drug-likeness (QED) is 0.833. The molecule has 18 heavy (non-hydrogen) atoms. The molecule has 0 aromatic heterocycles. The Morgan fingerprint density at radius 1 is 1.44 bits per heavy atom. The van der Waals surface area contributed by atoms with E-state index in [0.717, 1.165) is 38.7 Å². The third-order valence-corrected chi connectivity index (χ3v) is 4.11. The van der Waals surface area contributed by atoms with Gasteiger partial charge in [0.1, 0.15) is 0 Å². The van der Waals surface area contributed by atoms with Gasteiger partial charge in [-0.15, -0.1) is 0 Å². The first-order valence-corrected chi connectivity index (χ1v) is 7.33. The van der Waals surface area contributed by atoms with Gasteiger partial charge in [0.25, 0.3) is 0 Å². The zero-order chi connectivity index (χ0) is 13.1. The molecule has 4 unspecified atom stereocenters. The smallest absolute Gasteiger partial charge is 0.241 e. The zero-order valence-corrected chi connectivity index (χ0v) is 11.8. The highest BCUT2D eigenvalue weighted by atomic mass is 16.5. The van der Waals surface area contributed by atoms with Crippen LogP contribution in [0.1, 0.15) is 52.9 Å². The molecular weight excluding hydrogens is 228 g/mol. The van der Waals surface area contributed by atoms with Gasteiger partial charge in [0.15, 0.2) is 0 Å². The van der Waals surface area contributed by atoms with E-state index in [0.29, 0.717) is 11.9 Å². The summed E-state index contributed by atoms with van der Waals surface area (Å²) in [6.45, 7) is 7.14. The van der Waals surface area contributed by atoms with Crippen molar-refractivity contribution in [3.63, 3.8) is 0 Å². The molecule has 4 nitrogen and oxygen atoms in total. The van der Waals surface area contributed by atoms with E-state index in [1.54, 1.807) is 0 Å². The van der Waals surface area contributed by atoms with Crippen LogP contribution in [0.15, 0.2) is 0 Å². The maximum absolute atomic E-state index is 12.5. The predicted octanol–water partition coefficient (Wildman–Crippen LogP) is 1.89. The fourth-order valence-corrected chi connectivity index (χ4v) is 3.15. The van der Waals surface area contributed by atoms with Gasteiger partial charge in [-0.2, -0.15) is 0 Å². The number of nitrogens with zero attached hydrogens (tertiary/aromatic N) is 1. The highest BCUT2D eigenvalue weighted by molar-refractivity contribution is 5.84. The molecular formula is C14H26N2O2. The lowest BCUT2D eigenvalue weighted by Gasteiger charge is -2.36. The van der Waals surface area contributed by atoms with Gasteiger partial charge >= 0.3 is 0 Å². The summed E-state index contributed by atoms with van der Waals surface area (Å²) in [7, 11) is 0. The summed E-state index contributed by atoms with van der Waals surface area (Å²) >= 11 is 0. The molecule has 1 amide bonds. The maximum Gasteiger partial charge on any atom is 0.241 e. The molecule has 1 N–H and O–H groups in total. The number of carbonyl (C=O) groups excluding carboxylic acids is 1. The van der Waals surface area contributed by atoms with E-state index in [1.807, 2.05) is 0 Å². The van der Waals surface area contributed by atoms with Crippen molar-refractivity contribution in [2.75, 3.05) is 6.61 Å². The molecule has 0 aromatic rings. The van der Waals surface area contributed by atoms with E-state index >= 15 is 0 Å². The van der Waals surface area contributed by atoms with Crippen molar-refractivity contribution in [3.8, 4) is 0 Å². The van der Waals surface area contributed by atoms with E-state index < -0.39 is 0 Å². The Balaban J connectivity index is 1.97. The molecule has 0 radical (unpaired) electrons. The van der Waals surface area contributed by atoms with Gasteiger partial charge in [-0.1, -0.05) is 19.8 Å². The normalized spacial score (nSPS) is 37.3. The second-order valence-electron chi connectivity index (χ2n) is 5.64. The first kappa shape index (κ1) is 13.8. The molecule has 0 saturated carbocycles. The molecule has 0 aliphatic carbocycles. The van der Waals surface area contributed by atoms with E-state index in [-0.39, 0.29) is 18.3 Å². The average molecular weight is 254 g/mol. The van der Waals surface area contributed by atoms with Crippen LogP contribution in [0.2, 0.25) is 0 Å². The molecule has 2 aliphatic heterocycles. The van der Waals surface area contributed by atoms with Crippen LogP contribution in [0.4, 0.5) is 0 Å². The van der Waals surface area contributed by atoms with Crippen molar-refractivity contribution in [1.29, 1.82) is 0 Å². The molecule has 4 atom stereocenters. The van der Waals surface area contributed by atoms with Gasteiger partial charge in [0, 0.05) is 12.6 Å². The third-order valence-electron chi connectivity index (χ3n) is 4.11. The lowest BCUT2D eigenvalue weighted by Crippen LogP contribution is -2.47. The van der Waals surface area contributed by atoms with Gasteiger partial charge < -0.3 is 9.64 Å². The second-order valence-corrected chi connectivity index (χ2v) is 5.64. The van der Waals surface area contributed by atoms with Crippen molar-refractivity contribution >= 4 is 5.91 Å². The number of hydrogen-bond donors (Lipinski definition) is 1. The Labute approximate surface area is 110 Å². The zero-order valence-electron chi connectivity index (χ0n) is 11.8. The molecule has 104 valence electrons. The van der Waals surface area contributed by atoms with Crippen LogP contribution in [-0.4, -0.2) is 41.8 Å². The molecule has 2 heterocycles. The Morgan fingerprint density at radius 3 is 2.89 bits per heavy atom. The first-order chi connectivity index (χ1) is 8.63. The molecule has 0 aromatic carbocycles. The number of amides is 1. The fourth-order valence-electron chi connectivity index (χ4n) is 3.15. The van der Waals surface area contributed by atoms with Crippen molar-refractivity contribution in [1.82, 2.24) is 10.2 Å². The number of unbranched alkanes of at least 4 members (excludes halogenated alkanes) is 1. The van der Waals surface area contributed by atoms with Crippen molar-refractivity contribution in [3.05, 3.63) is 0 Å². The van der Waals surface area contributed by atoms with Crippen LogP contribution >= 0.6 is 0 Å². The number of hydrogen-bond acceptors (Lipinski definition) is 3.